The summed E-state index contributed by atoms with van der Waals surface area (Å²) in [4.78, 5) is 58.3. The SMILES string of the molecule is CC/C=C\C/C=C\C/C=C\C/C=C\C/C=C\C/C=C\CCC(=O)OCC(O)COP(=O)(O)OCC(O)COP(=O)(O)OCC(COC(=O)CC/C=C\C/C=C\C/C=C\C/C=C\C/C=C\C/C=C\CC)OC(=O)CCCCCCCCCCCCCCCCC. The first kappa shape index (κ1) is 84.4. The molecule has 0 fully saturated rings. The number of carbonyl (C=O) groups excluding carboxylic acids is 3. The van der Waals surface area contributed by atoms with Crippen molar-refractivity contribution in [3.05, 3.63) is 146 Å². The summed E-state index contributed by atoms with van der Waals surface area (Å²) in [5.74, 6) is -1.76. The first-order valence-corrected chi connectivity index (χ1v) is 36.1. The molecule has 0 heterocycles. The first-order chi connectivity index (χ1) is 43.2. The molecule has 0 aliphatic heterocycles. The van der Waals surface area contributed by atoms with Crippen LogP contribution >= 0.6 is 15.6 Å². The van der Waals surface area contributed by atoms with Crippen molar-refractivity contribution < 1.29 is 75.8 Å². The van der Waals surface area contributed by atoms with E-state index in [1.807, 2.05) is 36.5 Å². The van der Waals surface area contributed by atoms with Crippen LogP contribution < -0.4 is 0 Å². The van der Waals surface area contributed by atoms with Crippen molar-refractivity contribution in [2.45, 2.75) is 245 Å². The molecule has 89 heavy (non-hydrogen) atoms. The predicted octanol–water partition coefficient (Wildman–Crippen LogP) is 18.2. The summed E-state index contributed by atoms with van der Waals surface area (Å²) in [6.07, 6.45) is 75.0. The van der Waals surface area contributed by atoms with Crippen LogP contribution in [0, 0.1) is 0 Å². The van der Waals surface area contributed by atoms with E-state index in [1.165, 1.54) is 64.2 Å². The van der Waals surface area contributed by atoms with Gasteiger partial charge in [-0.25, -0.2) is 9.13 Å². The van der Waals surface area contributed by atoms with E-state index in [0.29, 0.717) is 32.1 Å². The maximum absolute atomic E-state index is 12.9. The van der Waals surface area contributed by atoms with Gasteiger partial charge in [-0.1, -0.05) is 256 Å². The zero-order valence-electron chi connectivity index (χ0n) is 54.5. The lowest BCUT2D eigenvalue weighted by Gasteiger charge is -2.21. The molecule has 0 aliphatic carbocycles. The van der Waals surface area contributed by atoms with Crippen molar-refractivity contribution in [3.8, 4) is 0 Å². The summed E-state index contributed by atoms with van der Waals surface area (Å²) in [5, 5.41) is 20.5. The van der Waals surface area contributed by atoms with Crippen LogP contribution in [0.3, 0.4) is 0 Å². The molecule has 0 aromatic carbocycles. The van der Waals surface area contributed by atoms with E-state index in [1.54, 1.807) is 0 Å². The monoisotopic (exact) mass is 1290 g/mol. The summed E-state index contributed by atoms with van der Waals surface area (Å²) in [6.45, 7) is 2.24. The molecule has 5 atom stereocenters. The molecule has 0 amide bonds. The number of aliphatic hydroxyl groups excluding tert-OH is 2. The van der Waals surface area contributed by atoms with Gasteiger partial charge in [0, 0.05) is 19.3 Å². The van der Waals surface area contributed by atoms with Gasteiger partial charge in [-0.05, 0) is 96.3 Å². The average Bonchev–Trinajstić information content (AvgIpc) is 3.54. The van der Waals surface area contributed by atoms with Gasteiger partial charge in [-0.3, -0.25) is 32.5 Å². The van der Waals surface area contributed by atoms with E-state index in [2.05, 4.69) is 130 Å². The van der Waals surface area contributed by atoms with Crippen LogP contribution in [0.25, 0.3) is 0 Å². The molecule has 0 spiro atoms. The highest BCUT2D eigenvalue weighted by Crippen LogP contribution is 2.45. The highest BCUT2D eigenvalue weighted by Gasteiger charge is 2.29. The number of rotatable bonds is 61. The molecule has 0 radical (unpaired) electrons. The predicted molar refractivity (Wildman–Crippen MR) is 362 cm³/mol. The summed E-state index contributed by atoms with van der Waals surface area (Å²) in [5.41, 5.74) is 0. The maximum Gasteiger partial charge on any atom is 0.472 e. The minimum Gasteiger partial charge on any atom is -0.463 e. The third-order valence-electron chi connectivity index (χ3n) is 13.1. The second-order valence-electron chi connectivity index (χ2n) is 21.5. The Hall–Kier alpha value is -4.57. The number of allylic oxidation sites excluding steroid dienone is 24. The normalized spacial score (nSPS) is 15.2. The van der Waals surface area contributed by atoms with Crippen molar-refractivity contribution in [3.63, 3.8) is 0 Å². The number of hydrogen-bond acceptors (Lipinski definition) is 14. The van der Waals surface area contributed by atoms with Crippen LogP contribution in [0.2, 0.25) is 0 Å². The van der Waals surface area contributed by atoms with Crippen molar-refractivity contribution in [1.82, 2.24) is 0 Å². The van der Waals surface area contributed by atoms with Crippen LogP contribution in [0.5, 0.6) is 0 Å². The average molecular weight is 1290 g/mol. The van der Waals surface area contributed by atoms with Crippen LogP contribution in [0.15, 0.2) is 146 Å². The van der Waals surface area contributed by atoms with Gasteiger partial charge < -0.3 is 34.2 Å². The lowest BCUT2D eigenvalue weighted by molar-refractivity contribution is -0.161. The Kier molecular flexibility index (Phi) is 60.3. The second kappa shape index (κ2) is 63.6. The van der Waals surface area contributed by atoms with E-state index in [-0.39, 0.29) is 19.3 Å². The lowest BCUT2D eigenvalue weighted by atomic mass is 10.0. The molecular formula is C71H116O16P2. The van der Waals surface area contributed by atoms with Crippen LogP contribution in [-0.2, 0) is 55.8 Å². The van der Waals surface area contributed by atoms with Crippen molar-refractivity contribution in [1.29, 1.82) is 0 Å². The Morgan fingerprint density at radius 3 is 0.921 bits per heavy atom. The smallest absolute Gasteiger partial charge is 0.463 e. The summed E-state index contributed by atoms with van der Waals surface area (Å²) >= 11 is 0. The van der Waals surface area contributed by atoms with Gasteiger partial charge in [0.15, 0.2) is 6.10 Å². The highest BCUT2D eigenvalue weighted by molar-refractivity contribution is 7.47. The number of phosphoric ester groups is 2. The standard InChI is InChI=1S/C71H116O16P2/c1-4-7-10-13-16-19-22-25-28-30-32-34-37-39-42-45-48-51-54-57-69(74)81-60-66(72)61-83-88(77,78)84-62-67(73)63-85-89(79,80)86-65-68(87-71(76)59-56-53-50-47-44-41-36-27-24-21-18-15-12-9-6-3)64-82-70(75)58-55-52-49-46-43-40-38-35-33-31-29-26-23-20-17-14-11-8-5-2/h7-8,10-11,16-17,19-20,25-26,28-29,32-35,39-40,42-43,48-49,51-52,66-68,72-73H,4-6,9,12-15,18,21-24,27,30-31,36-38,41,44-47,50,53-65H2,1-3H3,(H,77,78)(H,79,80)/b10-7-,11-8-,19-16-,20-17-,28-25-,29-26-,34-32-,35-33-,42-39-,43-40-,51-48-,52-49-. The van der Waals surface area contributed by atoms with Crippen molar-refractivity contribution in [2.75, 3.05) is 39.6 Å². The molecule has 5 unspecified atom stereocenters. The number of hydrogen-bond donors (Lipinski definition) is 4. The summed E-state index contributed by atoms with van der Waals surface area (Å²) < 4.78 is 60.7. The van der Waals surface area contributed by atoms with Gasteiger partial charge in [0.25, 0.3) is 0 Å². The largest absolute Gasteiger partial charge is 0.472 e. The Balaban J connectivity index is 4.83. The molecule has 0 aliphatic rings. The Morgan fingerprint density at radius 2 is 0.596 bits per heavy atom. The van der Waals surface area contributed by atoms with Gasteiger partial charge in [0.2, 0.25) is 0 Å². The molecule has 0 saturated carbocycles. The Morgan fingerprint density at radius 1 is 0.326 bits per heavy atom. The molecule has 0 bridgehead atoms. The van der Waals surface area contributed by atoms with E-state index in [0.717, 1.165) is 89.9 Å². The number of ether oxygens (including phenoxy) is 3. The van der Waals surface area contributed by atoms with E-state index < -0.39 is 91.5 Å². The van der Waals surface area contributed by atoms with Crippen LogP contribution in [0.4, 0.5) is 0 Å². The summed E-state index contributed by atoms with van der Waals surface area (Å²) in [7, 11) is -9.82. The number of carbonyl (C=O) groups is 3. The molecule has 4 N–H and O–H groups in total. The van der Waals surface area contributed by atoms with Crippen molar-refractivity contribution in [2.24, 2.45) is 0 Å². The first-order valence-electron chi connectivity index (χ1n) is 33.1. The summed E-state index contributed by atoms with van der Waals surface area (Å²) in [6, 6.07) is 0. The molecule has 16 nitrogen and oxygen atoms in total. The van der Waals surface area contributed by atoms with Gasteiger partial charge in [0.05, 0.1) is 26.4 Å². The van der Waals surface area contributed by atoms with Crippen LogP contribution in [-0.4, -0.2) is 95.9 Å². The molecule has 0 aromatic rings. The lowest BCUT2D eigenvalue weighted by Crippen LogP contribution is -2.30. The number of unbranched alkanes of at least 4 members (excludes halogenated alkanes) is 14. The minimum absolute atomic E-state index is 0.0407. The molecule has 0 rings (SSSR count). The van der Waals surface area contributed by atoms with Gasteiger partial charge >= 0.3 is 33.6 Å². The number of aliphatic hydroxyl groups is 2. The van der Waals surface area contributed by atoms with Crippen molar-refractivity contribution >= 4 is 33.6 Å². The van der Waals surface area contributed by atoms with E-state index >= 15 is 0 Å². The fraction of sp³-hybridized carbons (Fsp3) is 0.620. The van der Waals surface area contributed by atoms with E-state index in [9.17, 15) is 43.5 Å². The van der Waals surface area contributed by atoms with Gasteiger partial charge in [-0.2, -0.15) is 0 Å². The molecule has 18 heteroatoms. The molecule has 0 saturated heterocycles. The fourth-order valence-corrected chi connectivity index (χ4v) is 9.68. The topological polar surface area (TPSA) is 231 Å². The zero-order valence-corrected chi connectivity index (χ0v) is 56.3. The fourth-order valence-electron chi connectivity index (χ4n) is 8.09. The van der Waals surface area contributed by atoms with E-state index in [4.69, 9.17) is 32.3 Å². The molecule has 0 aromatic heterocycles. The quantitative estimate of drug-likeness (QED) is 0.0146. The highest BCUT2D eigenvalue weighted by atomic mass is 31.2. The minimum atomic E-state index is -4.95. The molecular weight excluding hydrogens is 1170 g/mol. The maximum atomic E-state index is 12.9. The molecule has 506 valence electrons. The third kappa shape index (κ3) is 64.8. The van der Waals surface area contributed by atoms with Gasteiger partial charge in [-0.15, -0.1) is 0 Å². The Labute approximate surface area is 537 Å². The van der Waals surface area contributed by atoms with Gasteiger partial charge in [0.1, 0.15) is 25.4 Å². The van der Waals surface area contributed by atoms with Crippen LogP contribution in [0.1, 0.15) is 226 Å². The Bertz CT molecular complexity index is 2210. The zero-order chi connectivity index (χ0) is 65.3. The third-order valence-corrected chi connectivity index (χ3v) is 15.0. The number of phosphoric acid groups is 2. The second-order valence-corrected chi connectivity index (χ2v) is 24.4. The number of esters is 3.